The Morgan fingerprint density at radius 1 is 1.26 bits per heavy atom. The first kappa shape index (κ1) is 13.6. The third-order valence-corrected chi connectivity index (χ3v) is 4.08. The van der Waals surface area contributed by atoms with Crippen LogP contribution >= 0.6 is 11.3 Å². The van der Waals surface area contributed by atoms with Gasteiger partial charge in [-0.25, -0.2) is 4.79 Å². The second kappa shape index (κ2) is 5.89. The van der Waals surface area contributed by atoms with Crippen LogP contribution in [0.3, 0.4) is 0 Å². The minimum absolute atomic E-state index is 0.316. The molecule has 0 radical (unpaired) electrons. The predicted octanol–water partition coefficient (Wildman–Crippen LogP) is 3.90. The van der Waals surface area contributed by atoms with Crippen molar-refractivity contribution in [2.24, 2.45) is 0 Å². The minimum atomic E-state index is -0.908. The standard InChI is InChI=1S/C15H16O3S/c1-3-12-5-6-13(19-12)9-18-11-4-7-14(15(16)17)10(2)8-11/h4-8H,3,9H2,1-2H3,(H,16,17). The number of hydrogen-bond acceptors (Lipinski definition) is 3. The van der Waals surface area contributed by atoms with Gasteiger partial charge >= 0.3 is 5.97 Å². The molecule has 2 rings (SSSR count). The fraction of sp³-hybridized carbons (Fsp3) is 0.267. The monoisotopic (exact) mass is 276 g/mol. The smallest absolute Gasteiger partial charge is 0.335 e. The molecule has 0 aliphatic heterocycles. The van der Waals surface area contributed by atoms with Crippen molar-refractivity contribution >= 4 is 17.3 Å². The Bertz CT molecular complexity index is 587. The summed E-state index contributed by atoms with van der Waals surface area (Å²) >= 11 is 1.75. The first-order valence-corrected chi connectivity index (χ1v) is 6.96. The zero-order valence-electron chi connectivity index (χ0n) is 11.0. The molecule has 1 heterocycles. The number of thiophene rings is 1. The summed E-state index contributed by atoms with van der Waals surface area (Å²) in [6.07, 6.45) is 1.04. The summed E-state index contributed by atoms with van der Waals surface area (Å²) in [7, 11) is 0. The molecule has 0 aliphatic carbocycles. The number of carboxylic acids is 1. The van der Waals surface area contributed by atoms with Gasteiger partial charge in [0.2, 0.25) is 0 Å². The van der Waals surface area contributed by atoms with E-state index in [-0.39, 0.29) is 0 Å². The summed E-state index contributed by atoms with van der Waals surface area (Å²) in [5.41, 5.74) is 1.03. The Morgan fingerprint density at radius 3 is 2.58 bits per heavy atom. The van der Waals surface area contributed by atoms with Gasteiger partial charge in [-0.15, -0.1) is 11.3 Å². The van der Waals surface area contributed by atoms with Crippen molar-refractivity contribution in [3.8, 4) is 5.75 Å². The van der Waals surface area contributed by atoms with Crippen LogP contribution in [0.4, 0.5) is 0 Å². The van der Waals surface area contributed by atoms with E-state index >= 15 is 0 Å². The van der Waals surface area contributed by atoms with Gasteiger partial charge in [0.25, 0.3) is 0 Å². The third-order valence-electron chi connectivity index (χ3n) is 2.88. The summed E-state index contributed by atoms with van der Waals surface area (Å²) in [6.45, 7) is 4.43. The van der Waals surface area contributed by atoms with Gasteiger partial charge in [0, 0.05) is 9.75 Å². The zero-order valence-corrected chi connectivity index (χ0v) is 11.8. The molecule has 0 unspecified atom stereocenters. The fourth-order valence-electron chi connectivity index (χ4n) is 1.81. The number of carbonyl (C=O) groups is 1. The van der Waals surface area contributed by atoms with E-state index in [1.165, 1.54) is 9.75 Å². The van der Waals surface area contributed by atoms with Gasteiger partial charge in [-0.2, -0.15) is 0 Å². The second-order valence-electron chi connectivity index (χ2n) is 4.29. The number of ether oxygens (including phenoxy) is 1. The largest absolute Gasteiger partial charge is 0.488 e. The van der Waals surface area contributed by atoms with Crippen molar-refractivity contribution in [2.75, 3.05) is 0 Å². The quantitative estimate of drug-likeness (QED) is 0.901. The molecule has 100 valence electrons. The molecule has 2 aromatic rings. The lowest BCUT2D eigenvalue weighted by Crippen LogP contribution is -2.00. The van der Waals surface area contributed by atoms with E-state index in [2.05, 4.69) is 19.1 Å². The highest BCUT2D eigenvalue weighted by atomic mass is 32.1. The molecule has 3 nitrogen and oxygen atoms in total. The summed E-state index contributed by atoms with van der Waals surface area (Å²) in [5, 5.41) is 8.96. The highest BCUT2D eigenvalue weighted by Crippen LogP contribution is 2.21. The van der Waals surface area contributed by atoms with Crippen molar-refractivity contribution in [3.63, 3.8) is 0 Å². The maximum absolute atomic E-state index is 10.9. The molecular formula is C15H16O3S. The summed E-state index contributed by atoms with van der Waals surface area (Å²) in [4.78, 5) is 13.4. The molecule has 0 saturated carbocycles. The van der Waals surface area contributed by atoms with Crippen molar-refractivity contribution in [2.45, 2.75) is 26.9 Å². The number of aryl methyl sites for hydroxylation is 2. The Hall–Kier alpha value is -1.81. The van der Waals surface area contributed by atoms with Crippen LogP contribution in [0.25, 0.3) is 0 Å². The van der Waals surface area contributed by atoms with Crippen LogP contribution in [0.1, 0.15) is 32.6 Å². The lowest BCUT2D eigenvalue weighted by atomic mass is 10.1. The zero-order chi connectivity index (χ0) is 13.8. The maximum Gasteiger partial charge on any atom is 0.335 e. The topological polar surface area (TPSA) is 46.5 Å². The number of hydrogen-bond donors (Lipinski definition) is 1. The molecule has 0 bridgehead atoms. The molecule has 0 aliphatic rings. The number of carboxylic acid groups (broad SMARTS) is 1. The molecule has 19 heavy (non-hydrogen) atoms. The Labute approximate surface area is 116 Å². The van der Waals surface area contributed by atoms with Gasteiger partial charge in [0.05, 0.1) is 5.56 Å². The van der Waals surface area contributed by atoms with Gasteiger partial charge in [-0.3, -0.25) is 0 Å². The number of rotatable bonds is 5. The van der Waals surface area contributed by atoms with E-state index in [0.29, 0.717) is 23.5 Å². The predicted molar refractivity (Wildman–Crippen MR) is 76.2 cm³/mol. The fourth-order valence-corrected chi connectivity index (χ4v) is 2.68. The van der Waals surface area contributed by atoms with Crippen molar-refractivity contribution in [1.82, 2.24) is 0 Å². The maximum atomic E-state index is 10.9. The number of benzene rings is 1. The van der Waals surface area contributed by atoms with Crippen molar-refractivity contribution in [3.05, 3.63) is 51.2 Å². The molecule has 0 spiro atoms. The van der Waals surface area contributed by atoms with E-state index in [9.17, 15) is 4.79 Å². The van der Waals surface area contributed by atoms with Gasteiger partial charge in [0.1, 0.15) is 12.4 Å². The van der Waals surface area contributed by atoms with Crippen LogP contribution in [-0.2, 0) is 13.0 Å². The molecular weight excluding hydrogens is 260 g/mol. The van der Waals surface area contributed by atoms with E-state index < -0.39 is 5.97 Å². The van der Waals surface area contributed by atoms with Gasteiger partial charge in [-0.1, -0.05) is 6.92 Å². The minimum Gasteiger partial charge on any atom is -0.488 e. The molecule has 0 fully saturated rings. The van der Waals surface area contributed by atoms with Gasteiger partial charge in [0.15, 0.2) is 0 Å². The average Bonchev–Trinajstić information content (AvgIpc) is 2.84. The highest BCUT2D eigenvalue weighted by molar-refractivity contribution is 7.11. The van der Waals surface area contributed by atoms with E-state index in [1.54, 1.807) is 36.5 Å². The molecule has 1 aromatic carbocycles. The first-order valence-electron chi connectivity index (χ1n) is 6.14. The Morgan fingerprint density at radius 2 is 2.00 bits per heavy atom. The highest BCUT2D eigenvalue weighted by Gasteiger charge is 2.08. The summed E-state index contributed by atoms with van der Waals surface area (Å²) in [6, 6.07) is 9.23. The van der Waals surface area contributed by atoms with E-state index in [4.69, 9.17) is 9.84 Å². The van der Waals surface area contributed by atoms with Gasteiger partial charge < -0.3 is 9.84 Å². The lowest BCUT2D eigenvalue weighted by molar-refractivity contribution is 0.0696. The Balaban J connectivity index is 2.03. The molecule has 0 saturated heterocycles. The van der Waals surface area contributed by atoms with Gasteiger partial charge in [-0.05, 0) is 49.2 Å². The van der Waals surface area contributed by atoms with E-state index in [1.807, 2.05) is 0 Å². The van der Waals surface area contributed by atoms with E-state index in [0.717, 1.165) is 6.42 Å². The lowest BCUT2D eigenvalue weighted by Gasteiger charge is -2.07. The van der Waals surface area contributed by atoms with Crippen LogP contribution in [0.2, 0.25) is 0 Å². The molecule has 0 amide bonds. The average molecular weight is 276 g/mol. The second-order valence-corrected chi connectivity index (χ2v) is 5.55. The van der Waals surface area contributed by atoms with Crippen LogP contribution < -0.4 is 4.74 Å². The SMILES string of the molecule is CCc1ccc(COc2ccc(C(=O)O)c(C)c2)s1. The summed E-state index contributed by atoms with van der Waals surface area (Å²) < 4.78 is 5.68. The van der Waals surface area contributed by atoms with Crippen LogP contribution in [0.5, 0.6) is 5.75 Å². The third kappa shape index (κ3) is 3.35. The van der Waals surface area contributed by atoms with Crippen molar-refractivity contribution < 1.29 is 14.6 Å². The first-order chi connectivity index (χ1) is 9.10. The molecule has 1 aromatic heterocycles. The molecule has 4 heteroatoms. The number of aromatic carboxylic acids is 1. The normalized spacial score (nSPS) is 10.4. The van der Waals surface area contributed by atoms with Crippen LogP contribution in [0.15, 0.2) is 30.3 Å². The molecule has 0 atom stereocenters. The van der Waals surface area contributed by atoms with Crippen LogP contribution in [0, 0.1) is 6.92 Å². The Kier molecular flexibility index (Phi) is 4.22. The van der Waals surface area contributed by atoms with Crippen LogP contribution in [-0.4, -0.2) is 11.1 Å². The summed E-state index contributed by atoms with van der Waals surface area (Å²) in [5.74, 6) is -0.205. The van der Waals surface area contributed by atoms with Crippen molar-refractivity contribution in [1.29, 1.82) is 0 Å². The molecule has 1 N–H and O–H groups in total.